The molecule has 0 aliphatic carbocycles. The molecule has 1 heterocycles. The lowest BCUT2D eigenvalue weighted by molar-refractivity contribution is -0.385. The van der Waals surface area contributed by atoms with Gasteiger partial charge in [-0.1, -0.05) is 23.2 Å². The van der Waals surface area contributed by atoms with Gasteiger partial charge in [0.1, 0.15) is 11.8 Å². The first-order valence-electron chi connectivity index (χ1n) is 5.23. The van der Waals surface area contributed by atoms with Crippen molar-refractivity contribution < 1.29 is 9.66 Å². The summed E-state index contributed by atoms with van der Waals surface area (Å²) in [5, 5.41) is 11.6. The molecule has 0 fully saturated rings. The Balaban J connectivity index is 2.19. The highest BCUT2D eigenvalue weighted by Crippen LogP contribution is 2.30. The first-order valence-corrected chi connectivity index (χ1v) is 5.99. The lowest BCUT2D eigenvalue weighted by Crippen LogP contribution is -1.99. The van der Waals surface area contributed by atoms with E-state index in [1.165, 1.54) is 24.4 Å². The van der Waals surface area contributed by atoms with Gasteiger partial charge in [0, 0.05) is 23.4 Å². The molecule has 0 saturated heterocycles. The molecule has 2 rings (SSSR count). The van der Waals surface area contributed by atoms with Crippen molar-refractivity contribution >= 4 is 28.9 Å². The number of nitro groups is 1. The molecule has 0 N–H and O–H groups in total. The van der Waals surface area contributed by atoms with Crippen LogP contribution in [0, 0.1) is 10.1 Å². The Morgan fingerprint density at radius 2 is 2.05 bits per heavy atom. The van der Waals surface area contributed by atoms with E-state index < -0.39 is 4.92 Å². The van der Waals surface area contributed by atoms with Crippen LogP contribution in [0.2, 0.25) is 10.2 Å². The standard InChI is InChI=1S/C12H8Cl2N2O3/c13-9-1-2-10(16(17)18)11(6-9)19-7-8-3-4-15-12(14)5-8/h1-6H,7H2. The van der Waals surface area contributed by atoms with Crippen LogP contribution < -0.4 is 4.74 Å². The zero-order valence-corrected chi connectivity index (χ0v) is 11.1. The Morgan fingerprint density at radius 1 is 1.26 bits per heavy atom. The average Bonchev–Trinajstić information content (AvgIpc) is 2.36. The zero-order valence-electron chi connectivity index (χ0n) is 9.55. The minimum atomic E-state index is -0.523. The molecule has 1 aromatic carbocycles. The van der Waals surface area contributed by atoms with Crippen LogP contribution in [0.15, 0.2) is 36.5 Å². The highest BCUT2D eigenvalue weighted by Gasteiger charge is 2.15. The molecule has 0 amide bonds. The number of nitro benzene ring substituents is 1. The first kappa shape index (κ1) is 13.6. The van der Waals surface area contributed by atoms with Crippen LogP contribution in [0.3, 0.4) is 0 Å². The Labute approximate surface area is 118 Å². The SMILES string of the molecule is O=[N+]([O-])c1ccc(Cl)cc1OCc1ccnc(Cl)c1. The number of benzene rings is 1. The molecule has 7 heteroatoms. The van der Waals surface area contributed by atoms with Crippen LogP contribution in [0.4, 0.5) is 5.69 Å². The fraction of sp³-hybridized carbons (Fsp3) is 0.0833. The van der Waals surface area contributed by atoms with E-state index in [1.54, 1.807) is 12.1 Å². The Hall–Kier alpha value is -1.85. The minimum absolute atomic E-state index is 0.116. The van der Waals surface area contributed by atoms with Gasteiger partial charge in [-0.2, -0.15) is 0 Å². The molecule has 1 aromatic heterocycles. The maximum atomic E-state index is 10.8. The molecule has 2 aromatic rings. The number of hydrogen-bond donors (Lipinski definition) is 0. The number of halogens is 2. The molecular weight excluding hydrogens is 291 g/mol. The van der Waals surface area contributed by atoms with Gasteiger partial charge in [-0.15, -0.1) is 0 Å². The maximum absolute atomic E-state index is 10.8. The largest absolute Gasteiger partial charge is 0.482 e. The van der Waals surface area contributed by atoms with Crippen molar-refractivity contribution in [3.8, 4) is 5.75 Å². The van der Waals surface area contributed by atoms with Crippen LogP contribution in [-0.2, 0) is 6.61 Å². The second kappa shape index (κ2) is 5.86. The summed E-state index contributed by atoms with van der Waals surface area (Å²) in [7, 11) is 0. The van der Waals surface area contributed by atoms with Crippen molar-refractivity contribution in [1.29, 1.82) is 0 Å². The van der Waals surface area contributed by atoms with Gasteiger partial charge in [0.15, 0.2) is 5.75 Å². The zero-order chi connectivity index (χ0) is 13.8. The molecule has 0 aliphatic rings. The molecule has 0 radical (unpaired) electrons. The van der Waals surface area contributed by atoms with Crippen LogP contribution in [-0.4, -0.2) is 9.91 Å². The quantitative estimate of drug-likeness (QED) is 0.488. The summed E-state index contributed by atoms with van der Waals surface area (Å²) in [6.07, 6.45) is 1.54. The molecule has 0 aliphatic heterocycles. The minimum Gasteiger partial charge on any atom is -0.482 e. The first-order chi connectivity index (χ1) is 9.06. The lowest BCUT2D eigenvalue weighted by Gasteiger charge is -2.07. The van der Waals surface area contributed by atoms with Gasteiger partial charge in [-0.25, -0.2) is 4.98 Å². The Morgan fingerprint density at radius 3 is 2.74 bits per heavy atom. The molecule has 0 saturated carbocycles. The average molecular weight is 299 g/mol. The summed E-state index contributed by atoms with van der Waals surface area (Å²) < 4.78 is 5.41. The monoisotopic (exact) mass is 298 g/mol. The van der Waals surface area contributed by atoms with Crippen LogP contribution in [0.5, 0.6) is 5.75 Å². The van der Waals surface area contributed by atoms with Crippen LogP contribution in [0.25, 0.3) is 0 Å². The van der Waals surface area contributed by atoms with Crippen molar-refractivity contribution in [2.24, 2.45) is 0 Å². The molecule has 19 heavy (non-hydrogen) atoms. The van der Waals surface area contributed by atoms with E-state index in [-0.39, 0.29) is 18.0 Å². The number of aromatic nitrogens is 1. The van der Waals surface area contributed by atoms with E-state index >= 15 is 0 Å². The molecule has 0 atom stereocenters. The summed E-state index contributed by atoms with van der Waals surface area (Å²) in [6, 6.07) is 7.48. The number of nitrogens with zero attached hydrogens (tertiary/aromatic N) is 2. The molecule has 98 valence electrons. The second-order valence-corrected chi connectivity index (χ2v) is 4.47. The Kier molecular flexibility index (Phi) is 4.19. The predicted octanol–water partition coefficient (Wildman–Crippen LogP) is 3.88. The molecule has 5 nitrogen and oxygen atoms in total. The third-order valence-corrected chi connectivity index (χ3v) is 2.75. The van der Waals surface area contributed by atoms with Gasteiger partial charge in [0.2, 0.25) is 0 Å². The third kappa shape index (κ3) is 3.56. The van der Waals surface area contributed by atoms with Gasteiger partial charge in [-0.05, 0) is 23.8 Å². The highest BCUT2D eigenvalue weighted by atomic mass is 35.5. The van der Waals surface area contributed by atoms with E-state index in [0.717, 1.165) is 5.56 Å². The molecular formula is C12H8Cl2N2O3. The molecule has 0 spiro atoms. The van der Waals surface area contributed by atoms with Crippen molar-refractivity contribution in [3.05, 3.63) is 62.4 Å². The number of hydrogen-bond acceptors (Lipinski definition) is 4. The predicted molar refractivity (Wildman–Crippen MR) is 71.7 cm³/mol. The van der Waals surface area contributed by atoms with Crippen molar-refractivity contribution in [3.63, 3.8) is 0 Å². The van der Waals surface area contributed by atoms with E-state index in [1.807, 2.05) is 0 Å². The van der Waals surface area contributed by atoms with Gasteiger partial charge in [0.25, 0.3) is 0 Å². The van der Waals surface area contributed by atoms with Gasteiger partial charge in [0.05, 0.1) is 4.92 Å². The number of pyridine rings is 1. The summed E-state index contributed by atoms with van der Waals surface area (Å²) in [6.45, 7) is 0.142. The highest BCUT2D eigenvalue weighted by molar-refractivity contribution is 6.30. The van der Waals surface area contributed by atoms with Crippen LogP contribution in [0.1, 0.15) is 5.56 Å². The van der Waals surface area contributed by atoms with Crippen molar-refractivity contribution in [1.82, 2.24) is 4.98 Å². The second-order valence-electron chi connectivity index (χ2n) is 3.64. The number of rotatable bonds is 4. The molecule has 0 unspecified atom stereocenters. The van der Waals surface area contributed by atoms with Crippen molar-refractivity contribution in [2.45, 2.75) is 6.61 Å². The summed E-state index contributed by atoms with van der Waals surface area (Å²) >= 11 is 11.5. The van der Waals surface area contributed by atoms with E-state index in [2.05, 4.69) is 4.98 Å². The third-order valence-electron chi connectivity index (χ3n) is 2.30. The topological polar surface area (TPSA) is 65.3 Å². The summed E-state index contributed by atoms with van der Waals surface area (Å²) in [4.78, 5) is 14.2. The fourth-order valence-electron chi connectivity index (χ4n) is 1.45. The molecule has 0 bridgehead atoms. The van der Waals surface area contributed by atoms with Crippen molar-refractivity contribution in [2.75, 3.05) is 0 Å². The summed E-state index contributed by atoms with van der Waals surface area (Å²) in [5.74, 6) is 0.116. The van der Waals surface area contributed by atoms with E-state index in [0.29, 0.717) is 10.2 Å². The maximum Gasteiger partial charge on any atom is 0.311 e. The van der Waals surface area contributed by atoms with Crippen LogP contribution >= 0.6 is 23.2 Å². The number of ether oxygens (including phenoxy) is 1. The van der Waals surface area contributed by atoms with Gasteiger partial charge < -0.3 is 4.74 Å². The van der Waals surface area contributed by atoms with E-state index in [4.69, 9.17) is 27.9 Å². The van der Waals surface area contributed by atoms with E-state index in [9.17, 15) is 10.1 Å². The van der Waals surface area contributed by atoms with Gasteiger partial charge in [-0.3, -0.25) is 10.1 Å². The lowest BCUT2D eigenvalue weighted by atomic mass is 10.3. The van der Waals surface area contributed by atoms with Gasteiger partial charge >= 0.3 is 5.69 Å². The smallest absolute Gasteiger partial charge is 0.311 e. The Bertz CT molecular complexity index is 620. The summed E-state index contributed by atoms with van der Waals surface area (Å²) in [5.41, 5.74) is 0.624. The normalized spacial score (nSPS) is 10.2. The fourth-order valence-corrected chi connectivity index (χ4v) is 1.81.